The molecule has 1 atom stereocenters. The molecule has 1 saturated heterocycles. The summed E-state index contributed by atoms with van der Waals surface area (Å²) in [5.74, 6) is 0. The van der Waals surface area contributed by atoms with E-state index >= 15 is 0 Å². The number of anilines is 1. The third-order valence-electron chi connectivity index (χ3n) is 4.11. The molecule has 2 rings (SSSR count). The zero-order chi connectivity index (χ0) is 14.0. The molecule has 108 valence electrons. The van der Waals surface area contributed by atoms with Crippen molar-refractivity contribution in [2.24, 2.45) is 0 Å². The Kier molecular flexibility index (Phi) is 4.50. The summed E-state index contributed by atoms with van der Waals surface area (Å²) in [6.07, 6.45) is 3.77. The summed E-state index contributed by atoms with van der Waals surface area (Å²) in [6, 6.07) is 1.02. The van der Waals surface area contributed by atoms with Crippen LogP contribution in [-0.2, 0) is 0 Å². The quantitative estimate of drug-likeness (QED) is 0.911. The Hall–Kier alpha value is -1.03. The Morgan fingerprint density at radius 3 is 2.58 bits per heavy atom. The first-order valence-electron chi connectivity index (χ1n) is 7.49. The van der Waals surface area contributed by atoms with Crippen molar-refractivity contribution in [2.45, 2.75) is 59.0 Å². The van der Waals surface area contributed by atoms with E-state index in [1.54, 1.807) is 0 Å². The average molecular weight is 264 g/mol. The number of hydrogen-bond acceptors (Lipinski definition) is 3. The van der Waals surface area contributed by atoms with Crippen LogP contribution in [0.5, 0.6) is 0 Å². The lowest BCUT2D eigenvalue weighted by Gasteiger charge is -2.18. The molecule has 4 nitrogen and oxygen atoms in total. The molecule has 0 bridgehead atoms. The summed E-state index contributed by atoms with van der Waals surface area (Å²) in [6.45, 7) is 11.1. The molecule has 1 fully saturated rings. The smallest absolute Gasteiger partial charge is 0.0828 e. The van der Waals surface area contributed by atoms with Crippen molar-refractivity contribution >= 4 is 5.69 Å². The summed E-state index contributed by atoms with van der Waals surface area (Å²) in [5.41, 5.74) is 3.65. The first-order chi connectivity index (χ1) is 8.99. The normalized spacial score (nSPS) is 21.7. The predicted octanol–water partition coefficient (Wildman–Crippen LogP) is 2.98. The van der Waals surface area contributed by atoms with Crippen molar-refractivity contribution in [3.05, 3.63) is 11.4 Å². The van der Waals surface area contributed by atoms with Gasteiger partial charge in [-0.05, 0) is 67.1 Å². The van der Waals surface area contributed by atoms with E-state index in [1.165, 1.54) is 43.7 Å². The molecule has 1 unspecified atom stereocenters. The van der Waals surface area contributed by atoms with Crippen LogP contribution in [0.25, 0.3) is 0 Å². The summed E-state index contributed by atoms with van der Waals surface area (Å²) < 4.78 is 2.13. The molecular formula is C15H28N4. The van der Waals surface area contributed by atoms with Gasteiger partial charge in [0.25, 0.3) is 0 Å². The monoisotopic (exact) mass is 264 g/mol. The second-order valence-corrected chi connectivity index (χ2v) is 6.16. The Bertz CT molecular complexity index is 422. The fourth-order valence-corrected chi connectivity index (χ4v) is 2.96. The minimum atomic E-state index is 0.425. The van der Waals surface area contributed by atoms with Crippen LogP contribution in [0, 0.1) is 13.8 Å². The van der Waals surface area contributed by atoms with E-state index < -0.39 is 0 Å². The van der Waals surface area contributed by atoms with Crippen LogP contribution >= 0.6 is 0 Å². The zero-order valence-corrected chi connectivity index (χ0v) is 13.0. The fraction of sp³-hybridized carbons (Fsp3) is 0.800. The molecule has 1 aliphatic heterocycles. The predicted molar refractivity (Wildman–Crippen MR) is 80.8 cm³/mol. The van der Waals surface area contributed by atoms with Crippen LogP contribution in [0.3, 0.4) is 0 Å². The van der Waals surface area contributed by atoms with Crippen LogP contribution in [0.2, 0.25) is 0 Å². The van der Waals surface area contributed by atoms with Gasteiger partial charge in [0.15, 0.2) is 0 Å². The lowest BCUT2D eigenvalue weighted by atomic mass is 10.1. The van der Waals surface area contributed by atoms with Gasteiger partial charge in [-0.25, -0.2) is 0 Å². The third-order valence-corrected chi connectivity index (χ3v) is 4.11. The third kappa shape index (κ3) is 3.30. The Labute approximate surface area is 117 Å². The van der Waals surface area contributed by atoms with Gasteiger partial charge in [-0.15, -0.1) is 0 Å². The van der Waals surface area contributed by atoms with Gasteiger partial charge in [-0.1, -0.05) is 0 Å². The molecule has 0 saturated carbocycles. The average Bonchev–Trinajstić information content (AvgIpc) is 2.52. The van der Waals surface area contributed by atoms with Crippen molar-refractivity contribution in [3.8, 4) is 0 Å². The number of hydrogen-bond donors (Lipinski definition) is 1. The highest BCUT2D eigenvalue weighted by Crippen LogP contribution is 2.25. The van der Waals surface area contributed by atoms with E-state index in [9.17, 15) is 0 Å². The van der Waals surface area contributed by atoms with Crippen LogP contribution in [0.15, 0.2) is 0 Å². The van der Waals surface area contributed by atoms with Gasteiger partial charge in [0.2, 0.25) is 0 Å². The van der Waals surface area contributed by atoms with Crippen LogP contribution in [0.4, 0.5) is 5.69 Å². The fourth-order valence-electron chi connectivity index (χ4n) is 2.96. The van der Waals surface area contributed by atoms with E-state index in [0.29, 0.717) is 12.1 Å². The summed E-state index contributed by atoms with van der Waals surface area (Å²) >= 11 is 0. The summed E-state index contributed by atoms with van der Waals surface area (Å²) in [4.78, 5) is 2.43. The molecule has 0 aliphatic carbocycles. The van der Waals surface area contributed by atoms with Gasteiger partial charge in [0.1, 0.15) is 0 Å². The van der Waals surface area contributed by atoms with E-state index in [0.717, 1.165) is 5.69 Å². The number of likely N-dealkylation sites (tertiary alicyclic amines) is 1. The van der Waals surface area contributed by atoms with E-state index in [4.69, 9.17) is 0 Å². The minimum absolute atomic E-state index is 0.425. The highest BCUT2D eigenvalue weighted by molar-refractivity contribution is 5.53. The second-order valence-electron chi connectivity index (χ2n) is 6.16. The van der Waals surface area contributed by atoms with Gasteiger partial charge in [-0.2, -0.15) is 5.10 Å². The van der Waals surface area contributed by atoms with Gasteiger partial charge in [-0.3, -0.25) is 4.68 Å². The topological polar surface area (TPSA) is 33.1 Å². The van der Waals surface area contributed by atoms with Crippen molar-refractivity contribution in [3.63, 3.8) is 0 Å². The van der Waals surface area contributed by atoms with E-state index in [1.807, 2.05) is 0 Å². The van der Waals surface area contributed by atoms with Crippen LogP contribution in [-0.4, -0.2) is 40.9 Å². The highest BCUT2D eigenvalue weighted by atomic mass is 15.3. The standard InChI is InChI=1S/C15H28N4/c1-11(2)19-13(4)15(12(3)17-19)16-14-7-6-9-18(5)10-8-14/h11,14,16H,6-10H2,1-5H3. The van der Waals surface area contributed by atoms with E-state index in [-0.39, 0.29) is 0 Å². The molecule has 0 aromatic carbocycles. The SMILES string of the molecule is Cc1nn(C(C)C)c(C)c1NC1CCCN(C)CC1. The van der Waals surface area contributed by atoms with Gasteiger partial charge in [0.05, 0.1) is 17.1 Å². The molecular weight excluding hydrogens is 236 g/mol. The van der Waals surface area contributed by atoms with Crippen molar-refractivity contribution in [2.75, 3.05) is 25.5 Å². The maximum atomic E-state index is 4.66. The zero-order valence-electron chi connectivity index (χ0n) is 13.0. The summed E-state index contributed by atoms with van der Waals surface area (Å²) in [7, 11) is 2.22. The molecule has 1 aromatic rings. The molecule has 0 radical (unpaired) electrons. The largest absolute Gasteiger partial charge is 0.379 e. The van der Waals surface area contributed by atoms with Gasteiger partial charge < -0.3 is 10.2 Å². The van der Waals surface area contributed by atoms with Crippen molar-refractivity contribution in [1.82, 2.24) is 14.7 Å². The number of aryl methyl sites for hydroxylation is 1. The molecule has 4 heteroatoms. The first-order valence-corrected chi connectivity index (χ1v) is 7.49. The number of nitrogens with one attached hydrogen (secondary N) is 1. The maximum Gasteiger partial charge on any atom is 0.0828 e. The molecule has 2 heterocycles. The second kappa shape index (κ2) is 5.95. The molecule has 1 N–H and O–H groups in total. The lowest BCUT2D eigenvalue weighted by Crippen LogP contribution is -2.23. The Morgan fingerprint density at radius 1 is 1.21 bits per heavy atom. The van der Waals surface area contributed by atoms with Gasteiger partial charge in [0, 0.05) is 12.1 Å². The molecule has 19 heavy (non-hydrogen) atoms. The van der Waals surface area contributed by atoms with E-state index in [2.05, 4.69) is 54.7 Å². The molecule has 1 aliphatic rings. The number of rotatable bonds is 3. The van der Waals surface area contributed by atoms with Crippen molar-refractivity contribution < 1.29 is 0 Å². The minimum Gasteiger partial charge on any atom is -0.379 e. The Balaban J connectivity index is 2.10. The summed E-state index contributed by atoms with van der Waals surface area (Å²) in [5, 5.41) is 8.40. The van der Waals surface area contributed by atoms with Crippen molar-refractivity contribution in [1.29, 1.82) is 0 Å². The molecule has 0 spiro atoms. The first kappa shape index (κ1) is 14.4. The Morgan fingerprint density at radius 2 is 1.95 bits per heavy atom. The number of aromatic nitrogens is 2. The maximum absolute atomic E-state index is 4.66. The molecule has 1 aromatic heterocycles. The van der Waals surface area contributed by atoms with Crippen LogP contribution in [0.1, 0.15) is 50.5 Å². The van der Waals surface area contributed by atoms with Gasteiger partial charge >= 0.3 is 0 Å². The highest BCUT2D eigenvalue weighted by Gasteiger charge is 2.19. The number of nitrogens with zero attached hydrogens (tertiary/aromatic N) is 3. The van der Waals surface area contributed by atoms with Crippen LogP contribution < -0.4 is 5.32 Å². The lowest BCUT2D eigenvalue weighted by molar-refractivity contribution is 0.348. The molecule has 0 amide bonds.